The Morgan fingerprint density at radius 3 is 2.44 bits per heavy atom. The second kappa shape index (κ2) is 6.84. The number of aryl methyl sites for hydroxylation is 2. The van der Waals surface area contributed by atoms with E-state index in [0.29, 0.717) is 29.3 Å². The predicted octanol–water partition coefficient (Wildman–Crippen LogP) is 3.43. The standard InChI is InChI=1S/C19H20N4O2/c1-5-25-19(24)16-10-11-17(20-13(16)3)18-14(4)23(22-21-18)15-8-6-12(2)7-9-15/h6-11H,5H2,1-4H3. The molecule has 0 bridgehead atoms. The van der Waals surface area contributed by atoms with Crippen LogP contribution in [-0.4, -0.2) is 32.6 Å². The number of hydrogen-bond donors (Lipinski definition) is 0. The summed E-state index contributed by atoms with van der Waals surface area (Å²) in [5.41, 5.74) is 5.48. The highest BCUT2D eigenvalue weighted by Gasteiger charge is 2.16. The Morgan fingerprint density at radius 1 is 1.08 bits per heavy atom. The summed E-state index contributed by atoms with van der Waals surface area (Å²) in [6.45, 7) is 7.90. The topological polar surface area (TPSA) is 69.9 Å². The lowest BCUT2D eigenvalue weighted by molar-refractivity contribution is 0.0525. The van der Waals surface area contributed by atoms with Crippen LogP contribution in [0.2, 0.25) is 0 Å². The van der Waals surface area contributed by atoms with E-state index in [2.05, 4.69) is 15.3 Å². The minimum Gasteiger partial charge on any atom is -0.462 e. The first kappa shape index (κ1) is 16.8. The van der Waals surface area contributed by atoms with Crippen LogP contribution < -0.4 is 0 Å². The van der Waals surface area contributed by atoms with Gasteiger partial charge in [0.1, 0.15) is 5.69 Å². The molecule has 2 heterocycles. The molecule has 2 aromatic heterocycles. The third-order valence-corrected chi connectivity index (χ3v) is 4.00. The van der Waals surface area contributed by atoms with Crippen molar-refractivity contribution in [2.45, 2.75) is 27.7 Å². The molecule has 0 saturated carbocycles. The zero-order chi connectivity index (χ0) is 18.0. The molecular formula is C19H20N4O2. The van der Waals surface area contributed by atoms with Gasteiger partial charge in [-0.2, -0.15) is 0 Å². The van der Waals surface area contributed by atoms with Crippen LogP contribution in [0.1, 0.15) is 34.2 Å². The number of esters is 1. The van der Waals surface area contributed by atoms with Crippen molar-refractivity contribution in [1.82, 2.24) is 20.0 Å². The average molecular weight is 336 g/mol. The zero-order valence-electron chi connectivity index (χ0n) is 14.8. The van der Waals surface area contributed by atoms with Crippen molar-refractivity contribution in [2.75, 3.05) is 6.61 Å². The molecule has 0 atom stereocenters. The summed E-state index contributed by atoms with van der Waals surface area (Å²) in [7, 11) is 0. The van der Waals surface area contributed by atoms with Crippen LogP contribution in [0, 0.1) is 20.8 Å². The molecule has 0 aliphatic heterocycles. The first-order chi connectivity index (χ1) is 12.0. The Hall–Kier alpha value is -3.02. The minimum atomic E-state index is -0.362. The van der Waals surface area contributed by atoms with Gasteiger partial charge in [-0.25, -0.2) is 9.48 Å². The van der Waals surface area contributed by atoms with Gasteiger partial charge >= 0.3 is 5.97 Å². The van der Waals surface area contributed by atoms with Gasteiger partial charge in [0.05, 0.1) is 34.9 Å². The number of nitrogens with zero attached hydrogens (tertiary/aromatic N) is 4. The maximum atomic E-state index is 11.9. The van der Waals surface area contributed by atoms with Crippen molar-refractivity contribution < 1.29 is 9.53 Å². The number of rotatable bonds is 4. The maximum Gasteiger partial charge on any atom is 0.339 e. The Morgan fingerprint density at radius 2 is 1.80 bits per heavy atom. The molecule has 6 heteroatoms. The van der Waals surface area contributed by atoms with Crippen LogP contribution in [-0.2, 0) is 4.74 Å². The summed E-state index contributed by atoms with van der Waals surface area (Å²) in [5, 5.41) is 8.51. The molecule has 0 unspecified atom stereocenters. The van der Waals surface area contributed by atoms with E-state index in [1.165, 1.54) is 5.56 Å². The zero-order valence-corrected chi connectivity index (χ0v) is 14.8. The quantitative estimate of drug-likeness (QED) is 0.683. The van der Waals surface area contributed by atoms with Crippen molar-refractivity contribution in [2.24, 2.45) is 0 Å². The molecule has 0 radical (unpaired) electrons. The predicted molar refractivity (Wildman–Crippen MR) is 94.8 cm³/mol. The molecule has 25 heavy (non-hydrogen) atoms. The van der Waals surface area contributed by atoms with Gasteiger partial charge in [-0.15, -0.1) is 5.10 Å². The molecule has 0 aliphatic rings. The van der Waals surface area contributed by atoms with Crippen LogP contribution in [0.25, 0.3) is 17.1 Å². The van der Waals surface area contributed by atoms with Crippen LogP contribution in [0.15, 0.2) is 36.4 Å². The highest BCUT2D eigenvalue weighted by molar-refractivity contribution is 5.90. The first-order valence-corrected chi connectivity index (χ1v) is 8.15. The normalized spacial score (nSPS) is 10.7. The van der Waals surface area contributed by atoms with E-state index in [9.17, 15) is 4.79 Å². The van der Waals surface area contributed by atoms with E-state index in [0.717, 1.165) is 11.4 Å². The lowest BCUT2D eigenvalue weighted by Gasteiger charge is -2.07. The van der Waals surface area contributed by atoms with Crippen molar-refractivity contribution in [1.29, 1.82) is 0 Å². The minimum absolute atomic E-state index is 0.337. The summed E-state index contributed by atoms with van der Waals surface area (Å²) in [6, 6.07) is 11.6. The van der Waals surface area contributed by atoms with Crippen LogP contribution in [0.5, 0.6) is 0 Å². The molecule has 1 aromatic carbocycles. The second-order valence-electron chi connectivity index (χ2n) is 5.82. The highest BCUT2D eigenvalue weighted by Crippen LogP contribution is 2.22. The largest absolute Gasteiger partial charge is 0.462 e. The Bertz CT molecular complexity index is 914. The van der Waals surface area contributed by atoms with Crippen molar-refractivity contribution in [3.05, 3.63) is 58.9 Å². The van der Waals surface area contributed by atoms with Crippen molar-refractivity contribution >= 4 is 5.97 Å². The van der Waals surface area contributed by atoms with Gasteiger partial charge in [0.15, 0.2) is 0 Å². The van der Waals surface area contributed by atoms with Crippen molar-refractivity contribution in [3.8, 4) is 17.1 Å². The highest BCUT2D eigenvalue weighted by atomic mass is 16.5. The molecule has 3 rings (SSSR count). The first-order valence-electron chi connectivity index (χ1n) is 8.15. The van der Waals surface area contributed by atoms with Crippen LogP contribution >= 0.6 is 0 Å². The number of carbonyl (C=O) groups is 1. The molecule has 0 aliphatic carbocycles. The molecule has 3 aromatic rings. The Balaban J connectivity index is 1.96. The third-order valence-electron chi connectivity index (χ3n) is 4.00. The average Bonchev–Trinajstić information content (AvgIpc) is 2.97. The number of carbonyl (C=O) groups excluding carboxylic acids is 1. The molecule has 0 saturated heterocycles. The number of hydrogen-bond acceptors (Lipinski definition) is 5. The van der Waals surface area contributed by atoms with Gasteiger partial charge in [-0.1, -0.05) is 22.9 Å². The number of ether oxygens (including phenoxy) is 1. The van der Waals surface area contributed by atoms with E-state index in [1.54, 1.807) is 30.7 Å². The molecule has 0 N–H and O–H groups in total. The lowest BCUT2D eigenvalue weighted by Crippen LogP contribution is -2.08. The van der Waals surface area contributed by atoms with Gasteiger partial charge in [0, 0.05) is 0 Å². The number of benzene rings is 1. The fraction of sp³-hybridized carbons (Fsp3) is 0.263. The van der Waals surface area contributed by atoms with E-state index < -0.39 is 0 Å². The lowest BCUT2D eigenvalue weighted by atomic mass is 10.1. The molecule has 0 fully saturated rings. The summed E-state index contributed by atoms with van der Waals surface area (Å²) < 4.78 is 6.82. The van der Waals surface area contributed by atoms with Gasteiger partial charge in [-0.3, -0.25) is 4.98 Å². The van der Waals surface area contributed by atoms with Crippen molar-refractivity contribution in [3.63, 3.8) is 0 Å². The molecule has 0 amide bonds. The van der Waals surface area contributed by atoms with Gasteiger partial charge in [-0.05, 0) is 52.0 Å². The van der Waals surface area contributed by atoms with E-state index in [-0.39, 0.29) is 5.97 Å². The molecule has 128 valence electrons. The smallest absolute Gasteiger partial charge is 0.339 e. The molecular weight excluding hydrogens is 316 g/mol. The van der Waals surface area contributed by atoms with Gasteiger partial charge in [0.2, 0.25) is 0 Å². The fourth-order valence-corrected chi connectivity index (χ4v) is 2.61. The third kappa shape index (κ3) is 3.28. The second-order valence-corrected chi connectivity index (χ2v) is 5.82. The fourth-order valence-electron chi connectivity index (χ4n) is 2.61. The maximum absolute atomic E-state index is 11.9. The molecule has 6 nitrogen and oxygen atoms in total. The van der Waals surface area contributed by atoms with Gasteiger partial charge in [0.25, 0.3) is 0 Å². The Kier molecular flexibility index (Phi) is 4.61. The SMILES string of the molecule is CCOC(=O)c1ccc(-c2nnn(-c3ccc(C)cc3)c2C)nc1C. The number of pyridine rings is 1. The molecule has 0 spiro atoms. The van der Waals surface area contributed by atoms with Gasteiger partial charge < -0.3 is 4.74 Å². The van der Waals surface area contributed by atoms with Crippen LogP contribution in [0.4, 0.5) is 0 Å². The Labute approximate surface area is 146 Å². The number of aromatic nitrogens is 4. The van der Waals surface area contributed by atoms with E-state index in [4.69, 9.17) is 4.74 Å². The van der Waals surface area contributed by atoms with E-state index in [1.807, 2.05) is 38.1 Å². The summed E-state index contributed by atoms with van der Waals surface area (Å²) in [5.74, 6) is -0.362. The monoisotopic (exact) mass is 336 g/mol. The van der Waals surface area contributed by atoms with E-state index >= 15 is 0 Å². The van der Waals surface area contributed by atoms with Crippen LogP contribution in [0.3, 0.4) is 0 Å². The summed E-state index contributed by atoms with van der Waals surface area (Å²) in [4.78, 5) is 16.4. The summed E-state index contributed by atoms with van der Waals surface area (Å²) >= 11 is 0. The summed E-state index contributed by atoms with van der Waals surface area (Å²) in [6.07, 6.45) is 0.